The zero-order valence-corrected chi connectivity index (χ0v) is 11.3. The smallest absolute Gasteiger partial charge is 0.131 e. The summed E-state index contributed by atoms with van der Waals surface area (Å²) in [4.78, 5) is 6.68. The van der Waals surface area contributed by atoms with Gasteiger partial charge in [0.1, 0.15) is 5.82 Å². The van der Waals surface area contributed by atoms with E-state index in [-0.39, 0.29) is 0 Å². The molecule has 0 N–H and O–H groups in total. The minimum atomic E-state index is 0.648. The van der Waals surface area contributed by atoms with Crippen molar-refractivity contribution in [2.24, 2.45) is 5.92 Å². The van der Waals surface area contributed by atoms with E-state index in [2.05, 4.69) is 45.9 Å². The summed E-state index contributed by atoms with van der Waals surface area (Å²) in [5.41, 5.74) is 1.20. The summed E-state index contributed by atoms with van der Waals surface area (Å²) in [5.74, 6) is 1.71. The highest BCUT2D eigenvalue weighted by Crippen LogP contribution is 2.22. The number of anilines is 1. The van der Waals surface area contributed by atoms with Crippen molar-refractivity contribution >= 4 is 21.7 Å². The fourth-order valence-electron chi connectivity index (χ4n) is 2.13. The molecule has 1 fully saturated rings. The fraction of sp³-hybridized carbons (Fsp3) is 0.583. The Labute approximate surface area is 105 Å². The molecule has 2 rings (SSSR count). The van der Waals surface area contributed by atoms with Gasteiger partial charge in [-0.1, -0.05) is 0 Å². The van der Waals surface area contributed by atoms with Crippen LogP contribution in [0.3, 0.4) is 0 Å². The van der Waals surface area contributed by atoms with E-state index in [1.54, 1.807) is 0 Å². The second kappa shape index (κ2) is 5.15. The third kappa shape index (κ3) is 2.74. The SMILES string of the molecule is Cc1cc(Br)cnc1N(C)CC1CCOC1. The lowest BCUT2D eigenvalue weighted by Gasteiger charge is -2.22. The van der Waals surface area contributed by atoms with Gasteiger partial charge in [0.15, 0.2) is 0 Å². The lowest BCUT2D eigenvalue weighted by Crippen LogP contribution is -2.27. The quantitative estimate of drug-likeness (QED) is 0.853. The first-order valence-corrected chi connectivity index (χ1v) is 6.37. The highest BCUT2D eigenvalue weighted by Gasteiger charge is 2.18. The molecule has 0 aliphatic carbocycles. The molecule has 0 amide bonds. The predicted octanol–water partition coefficient (Wildman–Crippen LogP) is 2.63. The first-order chi connectivity index (χ1) is 7.66. The molecule has 2 heterocycles. The highest BCUT2D eigenvalue weighted by atomic mass is 79.9. The number of pyridine rings is 1. The lowest BCUT2D eigenvalue weighted by atomic mass is 10.1. The molecule has 1 aromatic heterocycles. The number of hydrogen-bond donors (Lipinski definition) is 0. The Kier molecular flexibility index (Phi) is 3.82. The second-order valence-corrected chi connectivity index (χ2v) is 5.32. The Morgan fingerprint density at radius 3 is 3.06 bits per heavy atom. The van der Waals surface area contributed by atoms with Gasteiger partial charge >= 0.3 is 0 Å². The number of nitrogens with zero attached hydrogens (tertiary/aromatic N) is 2. The van der Waals surface area contributed by atoms with E-state index in [4.69, 9.17) is 4.74 Å². The van der Waals surface area contributed by atoms with E-state index < -0.39 is 0 Å². The third-order valence-corrected chi connectivity index (χ3v) is 3.37. The predicted molar refractivity (Wildman–Crippen MR) is 68.9 cm³/mol. The maximum atomic E-state index is 5.39. The van der Waals surface area contributed by atoms with Crippen LogP contribution in [0.1, 0.15) is 12.0 Å². The molecule has 1 aliphatic heterocycles. The van der Waals surface area contributed by atoms with Crippen LogP contribution in [0.5, 0.6) is 0 Å². The Morgan fingerprint density at radius 1 is 1.62 bits per heavy atom. The molecule has 4 heteroatoms. The van der Waals surface area contributed by atoms with Gasteiger partial charge in [-0.2, -0.15) is 0 Å². The summed E-state index contributed by atoms with van der Waals surface area (Å²) in [6, 6.07) is 2.10. The van der Waals surface area contributed by atoms with E-state index in [9.17, 15) is 0 Å². The molecule has 1 aliphatic rings. The largest absolute Gasteiger partial charge is 0.381 e. The Hall–Kier alpha value is -0.610. The van der Waals surface area contributed by atoms with Gasteiger partial charge in [0.05, 0.1) is 6.61 Å². The standard InChI is InChI=1S/C12H17BrN2O/c1-9-5-11(13)6-14-12(9)15(2)7-10-3-4-16-8-10/h5-6,10H,3-4,7-8H2,1-2H3. The summed E-state index contributed by atoms with van der Waals surface area (Å²) in [5, 5.41) is 0. The summed E-state index contributed by atoms with van der Waals surface area (Å²) >= 11 is 3.43. The zero-order chi connectivity index (χ0) is 11.5. The molecule has 0 aromatic carbocycles. The minimum Gasteiger partial charge on any atom is -0.381 e. The molecule has 1 atom stereocenters. The zero-order valence-electron chi connectivity index (χ0n) is 9.74. The topological polar surface area (TPSA) is 25.4 Å². The molecule has 3 nitrogen and oxygen atoms in total. The van der Waals surface area contributed by atoms with E-state index in [1.807, 2.05) is 6.20 Å². The van der Waals surface area contributed by atoms with E-state index in [0.717, 1.165) is 30.0 Å². The number of hydrogen-bond acceptors (Lipinski definition) is 3. The van der Waals surface area contributed by atoms with Crippen molar-refractivity contribution < 1.29 is 4.74 Å². The fourth-order valence-corrected chi connectivity index (χ4v) is 2.58. The van der Waals surface area contributed by atoms with E-state index in [0.29, 0.717) is 5.92 Å². The van der Waals surface area contributed by atoms with Gasteiger partial charge in [-0.3, -0.25) is 0 Å². The highest BCUT2D eigenvalue weighted by molar-refractivity contribution is 9.10. The molecule has 0 spiro atoms. The molecule has 0 saturated carbocycles. The summed E-state index contributed by atoms with van der Waals surface area (Å²) in [7, 11) is 2.10. The molecule has 0 bridgehead atoms. The van der Waals surface area contributed by atoms with Gasteiger partial charge in [0.2, 0.25) is 0 Å². The molecular formula is C12H17BrN2O. The van der Waals surface area contributed by atoms with Crippen molar-refractivity contribution in [2.45, 2.75) is 13.3 Å². The van der Waals surface area contributed by atoms with Crippen LogP contribution in [-0.4, -0.2) is 31.8 Å². The number of aryl methyl sites for hydroxylation is 1. The first-order valence-electron chi connectivity index (χ1n) is 5.58. The third-order valence-electron chi connectivity index (χ3n) is 2.93. The van der Waals surface area contributed by atoms with Crippen molar-refractivity contribution in [3.05, 3.63) is 22.3 Å². The van der Waals surface area contributed by atoms with Crippen LogP contribution in [0.25, 0.3) is 0 Å². The van der Waals surface area contributed by atoms with Crippen molar-refractivity contribution in [3.8, 4) is 0 Å². The van der Waals surface area contributed by atoms with Crippen LogP contribution >= 0.6 is 15.9 Å². The van der Waals surface area contributed by atoms with E-state index >= 15 is 0 Å². The van der Waals surface area contributed by atoms with Crippen LogP contribution in [0.15, 0.2) is 16.7 Å². The Bertz CT molecular complexity index is 364. The Morgan fingerprint density at radius 2 is 2.44 bits per heavy atom. The van der Waals surface area contributed by atoms with Crippen molar-refractivity contribution in [2.75, 3.05) is 31.7 Å². The van der Waals surface area contributed by atoms with Crippen LogP contribution in [-0.2, 0) is 4.74 Å². The summed E-state index contributed by atoms with van der Waals surface area (Å²) in [6.45, 7) is 4.91. The number of aromatic nitrogens is 1. The van der Waals surface area contributed by atoms with Gasteiger partial charge in [0, 0.05) is 36.8 Å². The molecule has 0 radical (unpaired) electrons. The first kappa shape index (κ1) is 11.9. The molecule has 1 saturated heterocycles. The number of halogens is 1. The average Bonchev–Trinajstić information content (AvgIpc) is 2.70. The minimum absolute atomic E-state index is 0.648. The maximum absolute atomic E-state index is 5.39. The monoisotopic (exact) mass is 284 g/mol. The van der Waals surface area contributed by atoms with Gasteiger partial charge < -0.3 is 9.64 Å². The molecule has 1 unspecified atom stereocenters. The second-order valence-electron chi connectivity index (χ2n) is 4.40. The summed E-state index contributed by atoms with van der Waals surface area (Å²) in [6.07, 6.45) is 3.02. The lowest BCUT2D eigenvalue weighted by molar-refractivity contribution is 0.186. The van der Waals surface area contributed by atoms with Gasteiger partial charge in [-0.25, -0.2) is 4.98 Å². The van der Waals surface area contributed by atoms with Crippen molar-refractivity contribution in [3.63, 3.8) is 0 Å². The molecule has 88 valence electrons. The van der Waals surface area contributed by atoms with Gasteiger partial charge in [-0.15, -0.1) is 0 Å². The molecule has 16 heavy (non-hydrogen) atoms. The number of ether oxygens (including phenoxy) is 1. The summed E-state index contributed by atoms with van der Waals surface area (Å²) < 4.78 is 6.42. The van der Waals surface area contributed by atoms with Crippen LogP contribution in [0, 0.1) is 12.8 Å². The van der Waals surface area contributed by atoms with Gasteiger partial charge in [0.25, 0.3) is 0 Å². The molecule has 1 aromatic rings. The number of rotatable bonds is 3. The van der Waals surface area contributed by atoms with Crippen molar-refractivity contribution in [1.82, 2.24) is 4.98 Å². The Balaban J connectivity index is 2.04. The van der Waals surface area contributed by atoms with Crippen LogP contribution in [0.4, 0.5) is 5.82 Å². The van der Waals surface area contributed by atoms with E-state index in [1.165, 1.54) is 12.0 Å². The van der Waals surface area contributed by atoms with Crippen molar-refractivity contribution in [1.29, 1.82) is 0 Å². The molecular weight excluding hydrogens is 268 g/mol. The maximum Gasteiger partial charge on any atom is 0.131 e. The van der Waals surface area contributed by atoms with Gasteiger partial charge in [-0.05, 0) is 40.9 Å². The normalized spacial score (nSPS) is 20.1. The van der Waals surface area contributed by atoms with Crippen LogP contribution in [0.2, 0.25) is 0 Å². The van der Waals surface area contributed by atoms with Crippen LogP contribution < -0.4 is 4.90 Å². The average molecular weight is 285 g/mol.